The first-order chi connectivity index (χ1) is 14.6. The number of carbonyl (C=O) groups excluding carboxylic acids is 1. The molecule has 154 valence electrons. The number of para-hydroxylation sites is 1. The third-order valence-corrected chi connectivity index (χ3v) is 4.93. The number of methoxy groups -OCH3 is 1. The average molecular weight is 408 g/mol. The number of benzene rings is 2. The first-order valence-corrected chi connectivity index (χ1v) is 9.42. The number of aromatic nitrogens is 1. The minimum absolute atomic E-state index is 0.109. The van der Waals surface area contributed by atoms with Gasteiger partial charge in [-0.05, 0) is 24.3 Å². The zero-order valence-electron chi connectivity index (χ0n) is 16.3. The van der Waals surface area contributed by atoms with Crippen LogP contribution in [0.1, 0.15) is 10.4 Å². The smallest absolute Gasteiger partial charge is 0.345 e. The molecular formula is C21H20N4O5. The fraction of sp³-hybridized carbons (Fsp3) is 0.238. The SMILES string of the molecule is COC(=O)c1cc(N2CCOCC2)cc(Nc2cnc3ccccc3c2)c1[N+](=O)[O-]. The van der Waals surface area contributed by atoms with Gasteiger partial charge >= 0.3 is 11.7 Å². The molecule has 1 aliphatic rings. The van der Waals surface area contributed by atoms with E-state index in [9.17, 15) is 14.9 Å². The number of carbonyl (C=O) groups is 1. The van der Waals surface area contributed by atoms with Crippen molar-refractivity contribution in [1.82, 2.24) is 4.98 Å². The molecule has 0 aliphatic carbocycles. The molecule has 0 amide bonds. The topological polar surface area (TPSA) is 107 Å². The fourth-order valence-corrected chi connectivity index (χ4v) is 3.48. The van der Waals surface area contributed by atoms with Gasteiger partial charge in [0.15, 0.2) is 0 Å². The third kappa shape index (κ3) is 3.87. The summed E-state index contributed by atoms with van der Waals surface area (Å²) in [4.78, 5) is 30.0. The van der Waals surface area contributed by atoms with Crippen molar-refractivity contribution in [2.24, 2.45) is 0 Å². The second-order valence-corrected chi connectivity index (χ2v) is 6.78. The van der Waals surface area contributed by atoms with Gasteiger partial charge in [0.2, 0.25) is 0 Å². The summed E-state index contributed by atoms with van der Waals surface area (Å²) in [7, 11) is 1.20. The van der Waals surface area contributed by atoms with Crippen LogP contribution in [0.4, 0.5) is 22.7 Å². The van der Waals surface area contributed by atoms with Crippen LogP contribution < -0.4 is 10.2 Å². The molecule has 2 heterocycles. The predicted molar refractivity (Wildman–Crippen MR) is 112 cm³/mol. The Hall–Kier alpha value is -3.72. The van der Waals surface area contributed by atoms with E-state index < -0.39 is 10.9 Å². The highest BCUT2D eigenvalue weighted by atomic mass is 16.6. The van der Waals surface area contributed by atoms with Gasteiger partial charge in [-0.25, -0.2) is 4.79 Å². The highest BCUT2D eigenvalue weighted by molar-refractivity contribution is 5.99. The van der Waals surface area contributed by atoms with Gasteiger partial charge in [-0.2, -0.15) is 0 Å². The van der Waals surface area contributed by atoms with E-state index in [0.717, 1.165) is 10.9 Å². The second-order valence-electron chi connectivity index (χ2n) is 6.78. The largest absolute Gasteiger partial charge is 0.465 e. The summed E-state index contributed by atoms with van der Waals surface area (Å²) in [5.41, 5.74) is 1.82. The van der Waals surface area contributed by atoms with Gasteiger partial charge in [-0.15, -0.1) is 0 Å². The van der Waals surface area contributed by atoms with E-state index in [1.165, 1.54) is 13.2 Å². The number of ether oxygens (including phenoxy) is 2. The Labute approximate surface area is 172 Å². The molecule has 0 saturated carbocycles. The molecule has 1 aliphatic heterocycles. The molecule has 0 spiro atoms. The van der Waals surface area contributed by atoms with Crippen molar-refractivity contribution in [2.75, 3.05) is 43.6 Å². The molecule has 0 bridgehead atoms. The molecule has 0 radical (unpaired) electrons. The Morgan fingerprint density at radius 3 is 2.73 bits per heavy atom. The quantitative estimate of drug-likeness (QED) is 0.388. The molecule has 1 fully saturated rings. The molecule has 0 atom stereocenters. The Morgan fingerprint density at radius 1 is 1.23 bits per heavy atom. The third-order valence-electron chi connectivity index (χ3n) is 4.93. The lowest BCUT2D eigenvalue weighted by atomic mass is 10.1. The van der Waals surface area contributed by atoms with Gasteiger partial charge in [0.1, 0.15) is 11.3 Å². The monoisotopic (exact) mass is 408 g/mol. The van der Waals surface area contributed by atoms with Crippen LogP contribution in [-0.4, -0.2) is 49.3 Å². The number of fused-ring (bicyclic) bond motifs is 1. The van der Waals surface area contributed by atoms with Crippen LogP contribution in [0.15, 0.2) is 48.7 Å². The summed E-state index contributed by atoms with van der Waals surface area (Å²) < 4.78 is 10.2. The van der Waals surface area contributed by atoms with E-state index in [1.54, 1.807) is 12.3 Å². The average Bonchev–Trinajstić information content (AvgIpc) is 2.78. The van der Waals surface area contributed by atoms with E-state index in [4.69, 9.17) is 9.47 Å². The second kappa shape index (κ2) is 8.34. The maximum absolute atomic E-state index is 12.3. The van der Waals surface area contributed by atoms with Crippen molar-refractivity contribution in [2.45, 2.75) is 0 Å². The summed E-state index contributed by atoms with van der Waals surface area (Å²) in [5.74, 6) is -0.767. The van der Waals surface area contributed by atoms with Gasteiger partial charge in [-0.1, -0.05) is 18.2 Å². The highest BCUT2D eigenvalue weighted by Gasteiger charge is 2.28. The number of nitro benzene ring substituents is 1. The summed E-state index contributed by atoms with van der Waals surface area (Å²) in [6.07, 6.45) is 1.60. The number of anilines is 3. The summed E-state index contributed by atoms with van der Waals surface area (Å²) in [5, 5.41) is 15.8. The van der Waals surface area contributed by atoms with Crippen molar-refractivity contribution in [3.8, 4) is 0 Å². The van der Waals surface area contributed by atoms with Crippen LogP contribution in [0, 0.1) is 10.1 Å². The lowest BCUT2D eigenvalue weighted by Crippen LogP contribution is -2.36. The fourth-order valence-electron chi connectivity index (χ4n) is 3.48. The summed E-state index contributed by atoms with van der Waals surface area (Å²) >= 11 is 0. The van der Waals surface area contributed by atoms with Crippen LogP contribution in [0.5, 0.6) is 0 Å². The molecule has 30 heavy (non-hydrogen) atoms. The van der Waals surface area contributed by atoms with Crippen LogP contribution in [-0.2, 0) is 9.47 Å². The van der Waals surface area contributed by atoms with Gasteiger partial charge in [0.05, 0.1) is 42.6 Å². The number of morpholine rings is 1. The van der Waals surface area contributed by atoms with Gasteiger partial charge in [0, 0.05) is 24.2 Å². The number of hydrogen-bond donors (Lipinski definition) is 1. The van der Waals surface area contributed by atoms with Crippen molar-refractivity contribution < 1.29 is 19.2 Å². The maximum atomic E-state index is 12.3. The van der Waals surface area contributed by atoms with Gasteiger partial charge < -0.3 is 19.7 Å². The van der Waals surface area contributed by atoms with Gasteiger partial charge in [0.25, 0.3) is 0 Å². The van der Waals surface area contributed by atoms with Gasteiger partial charge in [-0.3, -0.25) is 15.1 Å². The zero-order chi connectivity index (χ0) is 21.1. The number of esters is 1. The summed E-state index contributed by atoms with van der Waals surface area (Å²) in [6.45, 7) is 2.33. The van der Waals surface area contributed by atoms with E-state index in [-0.39, 0.29) is 16.9 Å². The predicted octanol–water partition coefficient (Wildman–Crippen LogP) is 3.51. The van der Waals surface area contributed by atoms with E-state index in [2.05, 4.69) is 10.3 Å². The number of nitrogens with zero attached hydrogens (tertiary/aromatic N) is 3. The first-order valence-electron chi connectivity index (χ1n) is 9.42. The molecule has 9 heteroatoms. The van der Waals surface area contributed by atoms with Crippen LogP contribution in [0.25, 0.3) is 10.9 Å². The number of pyridine rings is 1. The molecule has 1 N–H and O–H groups in total. The van der Waals surface area contributed by atoms with Crippen LogP contribution in [0.3, 0.4) is 0 Å². The number of rotatable bonds is 5. The maximum Gasteiger partial charge on any atom is 0.345 e. The van der Waals surface area contributed by atoms with Crippen LogP contribution in [0.2, 0.25) is 0 Å². The minimum atomic E-state index is -0.767. The molecule has 0 unspecified atom stereocenters. The molecule has 1 saturated heterocycles. The molecule has 1 aromatic heterocycles. The summed E-state index contributed by atoms with van der Waals surface area (Å²) in [6, 6.07) is 12.6. The van der Waals surface area contributed by atoms with Crippen molar-refractivity contribution >= 4 is 39.6 Å². The lowest BCUT2D eigenvalue weighted by molar-refractivity contribution is -0.384. The standard InChI is InChI=1S/C21H20N4O5/c1-29-21(26)17-11-16(24-6-8-30-9-7-24)12-19(20(17)25(27)28)23-15-10-14-4-2-3-5-18(14)22-13-15/h2-5,10-13,23H,6-9H2,1H3. The van der Waals surface area contributed by atoms with E-state index in [0.29, 0.717) is 37.7 Å². The van der Waals surface area contributed by atoms with Crippen LogP contribution >= 0.6 is 0 Å². The Morgan fingerprint density at radius 2 is 2.00 bits per heavy atom. The Kier molecular flexibility index (Phi) is 5.44. The zero-order valence-corrected chi connectivity index (χ0v) is 16.3. The highest BCUT2D eigenvalue weighted by Crippen LogP contribution is 2.37. The number of nitro groups is 1. The molecule has 9 nitrogen and oxygen atoms in total. The molecule has 2 aromatic carbocycles. The van der Waals surface area contributed by atoms with E-state index >= 15 is 0 Å². The Balaban J connectivity index is 1.82. The normalized spacial score (nSPS) is 13.8. The lowest BCUT2D eigenvalue weighted by Gasteiger charge is -2.29. The molecular weight excluding hydrogens is 388 g/mol. The number of nitrogens with one attached hydrogen (secondary N) is 1. The first kappa shape index (κ1) is 19.6. The van der Waals surface area contributed by atoms with Crippen molar-refractivity contribution in [3.05, 3.63) is 64.3 Å². The molecule has 4 rings (SSSR count). The Bertz CT molecular complexity index is 1110. The van der Waals surface area contributed by atoms with E-state index in [1.807, 2.05) is 35.2 Å². The van der Waals surface area contributed by atoms with Crippen molar-refractivity contribution in [3.63, 3.8) is 0 Å². The minimum Gasteiger partial charge on any atom is -0.465 e. The number of hydrogen-bond acceptors (Lipinski definition) is 8. The molecule has 3 aromatic rings. The van der Waals surface area contributed by atoms with Crippen molar-refractivity contribution in [1.29, 1.82) is 0 Å².